The molecule has 1 saturated carbocycles. The van der Waals surface area contributed by atoms with Gasteiger partial charge >= 0.3 is 0 Å². The molecule has 0 spiro atoms. The topological polar surface area (TPSA) is 40.5 Å². The van der Waals surface area contributed by atoms with Crippen molar-refractivity contribution in [1.29, 1.82) is 0 Å². The lowest BCUT2D eigenvalue weighted by atomic mass is 9.70. The molecule has 1 aliphatic carbocycles. The average Bonchev–Trinajstić information content (AvgIpc) is 2.17. The maximum atomic E-state index is 9.77. The van der Waals surface area contributed by atoms with Crippen LogP contribution in [0.15, 0.2) is 0 Å². The number of aliphatic hydroxyl groups is 2. The monoisotopic (exact) mass is 172 g/mol. The molecule has 0 aromatic heterocycles. The van der Waals surface area contributed by atoms with E-state index in [1.54, 1.807) is 0 Å². The minimum Gasteiger partial charge on any atom is -0.396 e. The summed E-state index contributed by atoms with van der Waals surface area (Å²) in [4.78, 5) is 0. The molecule has 0 aromatic carbocycles. The summed E-state index contributed by atoms with van der Waals surface area (Å²) in [5, 5.41) is 19.1. The molecule has 1 rings (SSSR count). The quantitative estimate of drug-likeness (QED) is 0.680. The molecule has 0 aliphatic heterocycles. The highest BCUT2D eigenvalue weighted by molar-refractivity contribution is 4.87. The standard InChI is InChI=1S/C10H20O2/c1-2-9(12)10(8-11)6-4-3-5-7-10/h9,11-12H,2-8H2,1H3. The van der Waals surface area contributed by atoms with Crippen molar-refractivity contribution in [3.05, 3.63) is 0 Å². The first-order valence-corrected chi connectivity index (χ1v) is 5.04. The zero-order chi connectivity index (χ0) is 9.03. The van der Waals surface area contributed by atoms with Crippen LogP contribution in [0.1, 0.15) is 45.4 Å². The molecule has 2 nitrogen and oxygen atoms in total. The van der Waals surface area contributed by atoms with Gasteiger partial charge in [-0.05, 0) is 19.3 Å². The van der Waals surface area contributed by atoms with Crippen molar-refractivity contribution in [2.24, 2.45) is 5.41 Å². The van der Waals surface area contributed by atoms with Crippen LogP contribution in [0.2, 0.25) is 0 Å². The molecular weight excluding hydrogens is 152 g/mol. The highest BCUT2D eigenvalue weighted by Gasteiger charge is 2.37. The fraction of sp³-hybridized carbons (Fsp3) is 1.00. The van der Waals surface area contributed by atoms with Gasteiger partial charge in [0.2, 0.25) is 0 Å². The third-order valence-corrected chi connectivity index (χ3v) is 3.26. The second kappa shape index (κ2) is 4.24. The molecule has 0 saturated heterocycles. The van der Waals surface area contributed by atoms with Gasteiger partial charge in [-0.2, -0.15) is 0 Å². The average molecular weight is 172 g/mol. The number of hydrogen-bond donors (Lipinski definition) is 2. The molecule has 0 bridgehead atoms. The van der Waals surface area contributed by atoms with Crippen LogP contribution in [0, 0.1) is 5.41 Å². The lowest BCUT2D eigenvalue weighted by Gasteiger charge is -2.39. The van der Waals surface area contributed by atoms with E-state index >= 15 is 0 Å². The summed E-state index contributed by atoms with van der Waals surface area (Å²) < 4.78 is 0. The maximum Gasteiger partial charge on any atom is 0.0615 e. The Balaban J connectivity index is 2.59. The zero-order valence-corrected chi connectivity index (χ0v) is 7.92. The maximum absolute atomic E-state index is 9.77. The summed E-state index contributed by atoms with van der Waals surface area (Å²) >= 11 is 0. The van der Waals surface area contributed by atoms with Crippen LogP contribution in [0.3, 0.4) is 0 Å². The summed E-state index contributed by atoms with van der Waals surface area (Å²) in [5.74, 6) is 0. The largest absolute Gasteiger partial charge is 0.396 e. The van der Waals surface area contributed by atoms with Crippen molar-refractivity contribution in [2.45, 2.75) is 51.6 Å². The van der Waals surface area contributed by atoms with Crippen molar-refractivity contribution in [1.82, 2.24) is 0 Å². The molecule has 0 amide bonds. The van der Waals surface area contributed by atoms with Gasteiger partial charge in [0.05, 0.1) is 12.7 Å². The fourth-order valence-corrected chi connectivity index (χ4v) is 2.29. The Morgan fingerprint density at radius 3 is 2.25 bits per heavy atom. The zero-order valence-electron chi connectivity index (χ0n) is 7.92. The highest BCUT2D eigenvalue weighted by atomic mass is 16.3. The normalized spacial score (nSPS) is 25.2. The van der Waals surface area contributed by atoms with Crippen molar-refractivity contribution < 1.29 is 10.2 Å². The Hall–Kier alpha value is -0.0800. The molecule has 0 aromatic rings. The lowest BCUT2D eigenvalue weighted by Crippen LogP contribution is -2.40. The van der Waals surface area contributed by atoms with Crippen molar-refractivity contribution in [3.63, 3.8) is 0 Å². The molecule has 0 heterocycles. The van der Waals surface area contributed by atoms with Crippen molar-refractivity contribution >= 4 is 0 Å². The third-order valence-electron chi connectivity index (χ3n) is 3.26. The van der Waals surface area contributed by atoms with Crippen LogP contribution in [-0.2, 0) is 0 Å². The lowest BCUT2D eigenvalue weighted by molar-refractivity contribution is -0.0438. The van der Waals surface area contributed by atoms with Gasteiger partial charge in [-0.1, -0.05) is 26.2 Å². The smallest absolute Gasteiger partial charge is 0.0615 e. The van der Waals surface area contributed by atoms with Crippen LogP contribution in [0.25, 0.3) is 0 Å². The van der Waals surface area contributed by atoms with E-state index in [1.165, 1.54) is 6.42 Å². The number of hydrogen-bond acceptors (Lipinski definition) is 2. The number of rotatable bonds is 3. The molecule has 0 radical (unpaired) electrons. The first-order valence-electron chi connectivity index (χ1n) is 5.04. The van der Waals surface area contributed by atoms with Gasteiger partial charge in [0.25, 0.3) is 0 Å². The predicted molar refractivity (Wildman–Crippen MR) is 48.9 cm³/mol. The Morgan fingerprint density at radius 1 is 1.25 bits per heavy atom. The van der Waals surface area contributed by atoms with Gasteiger partial charge in [-0.15, -0.1) is 0 Å². The van der Waals surface area contributed by atoms with Gasteiger partial charge < -0.3 is 10.2 Å². The van der Waals surface area contributed by atoms with Crippen LogP contribution < -0.4 is 0 Å². The summed E-state index contributed by atoms with van der Waals surface area (Å²) in [6.07, 6.45) is 6.05. The molecule has 72 valence electrons. The fourth-order valence-electron chi connectivity index (χ4n) is 2.29. The minimum atomic E-state index is -0.303. The van der Waals surface area contributed by atoms with Gasteiger partial charge in [-0.3, -0.25) is 0 Å². The van der Waals surface area contributed by atoms with E-state index in [2.05, 4.69) is 0 Å². The summed E-state index contributed by atoms with van der Waals surface area (Å²) in [6.45, 7) is 2.14. The van der Waals surface area contributed by atoms with E-state index in [0.717, 1.165) is 32.1 Å². The van der Waals surface area contributed by atoms with E-state index in [4.69, 9.17) is 0 Å². The van der Waals surface area contributed by atoms with Crippen molar-refractivity contribution in [2.75, 3.05) is 6.61 Å². The second-order valence-electron chi connectivity index (χ2n) is 4.01. The van der Waals surface area contributed by atoms with Gasteiger partial charge in [-0.25, -0.2) is 0 Å². The van der Waals surface area contributed by atoms with E-state index in [1.807, 2.05) is 6.92 Å². The van der Waals surface area contributed by atoms with Crippen LogP contribution in [0.4, 0.5) is 0 Å². The molecule has 1 aliphatic rings. The van der Waals surface area contributed by atoms with E-state index in [0.29, 0.717) is 0 Å². The Morgan fingerprint density at radius 2 is 1.83 bits per heavy atom. The Bertz CT molecular complexity index is 128. The molecule has 2 N–H and O–H groups in total. The minimum absolute atomic E-state index is 0.155. The Kier molecular flexibility index (Phi) is 3.53. The second-order valence-corrected chi connectivity index (χ2v) is 4.01. The van der Waals surface area contributed by atoms with E-state index < -0.39 is 0 Å². The summed E-state index contributed by atoms with van der Waals surface area (Å²) in [6, 6.07) is 0. The van der Waals surface area contributed by atoms with Gasteiger partial charge in [0.1, 0.15) is 0 Å². The molecule has 1 fully saturated rings. The SMILES string of the molecule is CCC(O)C1(CO)CCCCC1. The van der Waals surface area contributed by atoms with Crippen LogP contribution >= 0.6 is 0 Å². The molecule has 1 atom stereocenters. The highest BCUT2D eigenvalue weighted by Crippen LogP contribution is 2.39. The first-order chi connectivity index (χ1) is 5.75. The van der Waals surface area contributed by atoms with Gasteiger partial charge in [0.15, 0.2) is 0 Å². The van der Waals surface area contributed by atoms with Gasteiger partial charge in [0, 0.05) is 5.41 Å². The Labute approximate surface area is 74.6 Å². The molecule has 2 heteroatoms. The summed E-state index contributed by atoms with van der Waals surface area (Å²) in [7, 11) is 0. The molecule has 12 heavy (non-hydrogen) atoms. The van der Waals surface area contributed by atoms with E-state index in [-0.39, 0.29) is 18.1 Å². The summed E-state index contributed by atoms with van der Waals surface area (Å²) in [5.41, 5.74) is -0.160. The molecule has 1 unspecified atom stereocenters. The van der Waals surface area contributed by atoms with Crippen LogP contribution in [-0.4, -0.2) is 22.9 Å². The number of aliphatic hydroxyl groups excluding tert-OH is 2. The third kappa shape index (κ3) is 1.80. The van der Waals surface area contributed by atoms with E-state index in [9.17, 15) is 10.2 Å². The predicted octanol–water partition coefficient (Wildman–Crippen LogP) is 1.70. The molecular formula is C10H20O2. The first kappa shape index (κ1) is 10.0. The van der Waals surface area contributed by atoms with Crippen molar-refractivity contribution in [3.8, 4) is 0 Å². The van der Waals surface area contributed by atoms with Crippen LogP contribution in [0.5, 0.6) is 0 Å².